The summed E-state index contributed by atoms with van der Waals surface area (Å²) in [7, 11) is 0. The number of hydrogen-bond acceptors (Lipinski definition) is 2. The predicted molar refractivity (Wildman–Crippen MR) is 77.1 cm³/mol. The molecule has 0 aromatic rings. The summed E-state index contributed by atoms with van der Waals surface area (Å²) >= 11 is 0. The number of carbonyl (C=O) groups excluding carboxylic acids is 2. The van der Waals surface area contributed by atoms with Gasteiger partial charge in [0.2, 0.25) is 11.8 Å². The van der Waals surface area contributed by atoms with Gasteiger partial charge in [0.25, 0.3) is 0 Å². The highest BCUT2D eigenvalue weighted by Gasteiger charge is 2.53. The molecule has 0 bridgehead atoms. The van der Waals surface area contributed by atoms with E-state index in [-0.39, 0.29) is 17.9 Å². The second-order valence-corrected chi connectivity index (χ2v) is 6.73. The summed E-state index contributed by atoms with van der Waals surface area (Å²) in [4.78, 5) is 27.6. The molecule has 1 spiro atoms. The third kappa shape index (κ3) is 2.13. The topological polar surface area (TPSA) is 49.4 Å². The van der Waals surface area contributed by atoms with E-state index in [0.29, 0.717) is 6.04 Å². The van der Waals surface area contributed by atoms with Gasteiger partial charge in [0.1, 0.15) is 11.6 Å². The van der Waals surface area contributed by atoms with Crippen molar-refractivity contribution in [3.63, 3.8) is 0 Å². The molecule has 1 unspecified atom stereocenters. The second kappa shape index (κ2) is 5.38. The molecule has 4 nitrogen and oxygen atoms in total. The number of rotatable bonds is 3. The first kappa shape index (κ1) is 13.9. The molecular weight excluding hydrogens is 252 g/mol. The van der Waals surface area contributed by atoms with E-state index in [1.54, 1.807) is 0 Å². The smallest absolute Gasteiger partial charge is 0.249 e. The van der Waals surface area contributed by atoms with Crippen molar-refractivity contribution in [1.82, 2.24) is 10.2 Å². The van der Waals surface area contributed by atoms with E-state index >= 15 is 0 Å². The van der Waals surface area contributed by atoms with Crippen LogP contribution in [-0.2, 0) is 9.59 Å². The van der Waals surface area contributed by atoms with Crippen LogP contribution in [0.1, 0.15) is 71.1 Å². The van der Waals surface area contributed by atoms with Crippen LogP contribution in [0.4, 0.5) is 0 Å². The number of nitrogens with one attached hydrogen (secondary N) is 1. The molecule has 4 heteroatoms. The Morgan fingerprint density at radius 3 is 2.40 bits per heavy atom. The average molecular weight is 278 g/mol. The first-order chi connectivity index (χ1) is 9.68. The lowest BCUT2D eigenvalue weighted by Gasteiger charge is -2.47. The Bertz CT molecular complexity index is 395. The van der Waals surface area contributed by atoms with Crippen LogP contribution in [0.5, 0.6) is 0 Å². The molecule has 0 radical (unpaired) electrons. The zero-order valence-electron chi connectivity index (χ0n) is 12.5. The molecule has 112 valence electrons. The van der Waals surface area contributed by atoms with Crippen LogP contribution in [0.25, 0.3) is 0 Å². The number of nitrogens with zero attached hydrogens (tertiary/aromatic N) is 1. The first-order valence-corrected chi connectivity index (χ1v) is 8.33. The van der Waals surface area contributed by atoms with E-state index in [1.165, 1.54) is 12.8 Å². The van der Waals surface area contributed by atoms with E-state index in [4.69, 9.17) is 0 Å². The van der Waals surface area contributed by atoms with E-state index < -0.39 is 5.54 Å². The molecular formula is C16H26N2O2. The largest absolute Gasteiger partial charge is 0.340 e. The number of carbonyl (C=O) groups is 2. The Labute approximate surface area is 121 Å². The van der Waals surface area contributed by atoms with Crippen LogP contribution in [-0.4, -0.2) is 34.3 Å². The second-order valence-electron chi connectivity index (χ2n) is 6.73. The van der Waals surface area contributed by atoms with Crippen LogP contribution < -0.4 is 5.32 Å². The van der Waals surface area contributed by atoms with Gasteiger partial charge in [-0.25, -0.2) is 0 Å². The molecule has 1 atom stereocenters. The normalized spacial score (nSPS) is 30.2. The third-order valence-corrected chi connectivity index (χ3v) is 5.38. The maximum absolute atomic E-state index is 13.1. The Kier molecular flexibility index (Phi) is 3.74. The van der Waals surface area contributed by atoms with Crippen molar-refractivity contribution in [3.8, 4) is 0 Å². The molecule has 0 aromatic carbocycles. The van der Waals surface area contributed by atoms with E-state index in [1.807, 2.05) is 4.90 Å². The summed E-state index contributed by atoms with van der Waals surface area (Å²) in [6.07, 6.45) is 10.1. The van der Waals surface area contributed by atoms with Crippen LogP contribution >= 0.6 is 0 Å². The summed E-state index contributed by atoms with van der Waals surface area (Å²) in [5.41, 5.74) is -0.552. The van der Waals surface area contributed by atoms with Crippen molar-refractivity contribution in [1.29, 1.82) is 0 Å². The Hall–Kier alpha value is -1.06. The minimum absolute atomic E-state index is 0.0975. The van der Waals surface area contributed by atoms with Gasteiger partial charge in [-0.05, 0) is 32.1 Å². The molecule has 2 amide bonds. The summed E-state index contributed by atoms with van der Waals surface area (Å²) in [6, 6.07) is 0.0874. The van der Waals surface area contributed by atoms with Crippen LogP contribution in [0.3, 0.4) is 0 Å². The minimum atomic E-state index is -0.552. The molecule has 3 aliphatic rings. The van der Waals surface area contributed by atoms with Crippen molar-refractivity contribution in [2.45, 2.75) is 88.8 Å². The molecule has 1 aliphatic heterocycles. The third-order valence-electron chi connectivity index (χ3n) is 5.38. The standard InChI is InChI=1S/C16H26N2O2/c1-2-7-13-14(19)17-16(10-5-6-11-16)15(20)18(13)12-8-3-4-9-12/h12-13H,2-11H2,1H3,(H,17,19). The van der Waals surface area contributed by atoms with Gasteiger partial charge in [-0.15, -0.1) is 0 Å². The van der Waals surface area contributed by atoms with Crippen molar-refractivity contribution < 1.29 is 9.59 Å². The SMILES string of the molecule is CCCC1C(=O)NC2(CCCC2)C(=O)N1C1CCCC1. The summed E-state index contributed by atoms with van der Waals surface area (Å²) in [6.45, 7) is 2.09. The van der Waals surface area contributed by atoms with Gasteiger partial charge in [-0.1, -0.05) is 39.0 Å². The number of hydrogen-bond donors (Lipinski definition) is 1. The molecule has 3 fully saturated rings. The maximum atomic E-state index is 13.1. The lowest BCUT2D eigenvalue weighted by Crippen LogP contribution is -2.71. The highest BCUT2D eigenvalue weighted by atomic mass is 16.2. The van der Waals surface area contributed by atoms with Gasteiger partial charge in [0, 0.05) is 6.04 Å². The summed E-state index contributed by atoms with van der Waals surface area (Å²) in [5.74, 6) is 0.320. The average Bonchev–Trinajstić information content (AvgIpc) is 3.08. The molecule has 3 rings (SSSR count). The van der Waals surface area contributed by atoms with Gasteiger partial charge in [0.05, 0.1) is 0 Å². The summed E-state index contributed by atoms with van der Waals surface area (Å²) in [5, 5.41) is 3.10. The van der Waals surface area contributed by atoms with Crippen LogP contribution in [0.15, 0.2) is 0 Å². The number of amides is 2. The fourth-order valence-electron chi connectivity index (χ4n) is 4.35. The van der Waals surface area contributed by atoms with E-state index in [0.717, 1.165) is 51.4 Å². The van der Waals surface area contributed by atoms with Crippen molar-refractivity contribution >= 4 is 11.8 Å². The lowest BCUT2D eigenvalue weighted by molar-refractivity contribution is -0.158. The number of piperazine rings is 1. The van der Waals surface area contributed by atoms with E-state index in [9.17, 15) is 9.59 Å². The van der Waals surface area contributed by atoms with Gasteiger partial charge in [-0.3, -0.25) is 9.59 Å². The molecule has 2 aliphatic carbocycles. The van der Waals surface area contributed by atoms with Crippen molar-refractivity contribution in [3.05, 3.63) is 0 Å². The zero-order chi connectivity index (χ0) is 14.2. The lowest BCUT2D eigenvalue weighted by atomic mass is 9.88. The molecule has 1 heterocycles. The maximum Gasteiger partial charge on any atom is 0.249 e. The predicted octanol–water partition coefficient (Wildman–Crippen LogP) is 2.37. The van der Waals surface area contributed by atoms with Crippen molar-refractivity contribution in [2.24, 2.45) is 0 Å². The quantitative estimate of drug-likeness (QED) is 0.861. The van der Waals surface area contributed by atoms with Gasteiger partial charge in [0.15, 0.2) is 0 Å². The van der Waals surface area contributed by atoms with E-state index in [2.05, 4.69) is 12.2 Å². The molecule has 20 heavy (non-hydrogen) atoms. The van der Waals surface area contributed by atoms with Gasteiger partial charge < -0.3 is 10.2 Å². The van der Waals surface area contributed by atoms with Crippen LogP contribution in [0.2, 0.25) is 0 Å². The Balaban J connectivity index is 1.89. The van der Waals surface area contributed by atoms with Crippen LogP contribution in [0, 0.1) is 0 Å². The monoisotopic (exact) mass is 278 g/mol. The fourth-order valence-corrected chi connectivity index (χ4v) is 4.35. The van der Waals surface area contributed by atoms with Crippen molar-refractivity contribution in [2.75, 3.05) is 0 Å². The fraction of sp³-hybridized carbons (Fsp3) is 0.875. The highest BCUT2D eigenvalue weighted by molar-refractivity contribution is 6.00. The summed E-state index contributed by atoms with van der Waals surface area (Å²) < 4.78 is 0. The molecule has 1 saturated heterocycles. The Morgan fingerprint density at radius 1 is 1.15 bits per heavy atom. The first-order valence-electron chi connectivity index (χ1n) is 8.33. The minimum Gasteiger partial charge on any atom is -0.340 e. The van der Waals surface area contributed by atoms with Gasteiger partial charge in [-0.2, -0.15) is 0 Å². The molecule has 2 saturated carbocycles. The van der Waals surface area contributed by atoms with Gasteiger partial charge >= 0.3 is 0 Å². The zero-order valence-corrected chi connectivity index (χ0v) is 12.5. The Morgan fingerprint density at radius 2 is 1.80 bits per heavy atom. The highest BCUT2D eigenvalue weighted by Crippen LogP contribution is 2.38. The molecule has 0 aromatic heterocycles. The molecule has 1 N–H and O–H groups in total.